The molecule has 0 aliphatic rings. The zero-order valence-corrected chi connectivity index (χ0v) is 8.15. The van der Waals surface area contributed by atoms with Crippen LogP contribution in [0.4, 0.5) is 0 Å². The molecule has 1 aromatic heterocycles. The van der Waals surface area contributed by atoms with Crippen LogP contribution in [0, 0.1) is 5.92 Å². The summed E-state index contributed by atoms with van der Waals surface area (Å²) in [6.45, 7) is 4.69. The van der Waals surface area contributed by atoms with Crippen LogP contribution in [0.15, 0.2) is 16.9 Å². The monoisotopic (exact) mass is 182 g/mol. The van der Waals surface area contributed by atoms with Crippen LogP contribution in [0.3, 0.4) is 0 Å². The van der Waals surface area contributed by atoms with E-state index in [1.165, 1.54) is 17.9 Å². The van der Waals surface area contributed by atoms with Crippen LogP contribution >= 0.6 is 0 Å². The first-order valence-electron chi connectivity index (χ1n) is 4.25. The minimum atomic E-state index is -0.0884. The van der Waals surface area contributed by atoms with Gasteiger partial charge in [-0.3, -0.25) is 4.79 Å². The molecule has 0 spiro atoms. The van der Waals surface area contributed by atoms with Gasteiger partial charge in [0.25, 0.3) is 5.56 Å². The van der Waals surface area contributed by atoms with Gasteiger partial charge in [-0.25, -0.2) is 4.68 Å². The molecule has 1 rings (SSSR count). The third kappa shape index (κ3) is 2.57. The van der Waals surface area contributed by atoms with Crippen LogP contribution in [0.25, 0.3) is 0 Å². The summed E-state index contributed by atoms with van der Waals surface area (Å²) in [4.78, 5) is 11.3. The molecule has 0 saturated carbocycles. The van der Waals surface area contributed by atoms with Gasteiger partial charge in [-0.1, -0.05) is 13.8 Å². The Morgan fingerprint density at radius 1 is 1.54 bits per heavy atom. The Hall–Kier alpha value is -1.32. The third-order valence-corrected chi connectivity index (χ3v) is 1.59. The fraction of sp³-hybridized carbons (Fsp3) is 0.556. The van der Waals surface area contributed by atoms with Crippen molar-refractivity contribution in [3.63, 3.8) is 0 Å². The molecule has 13 heavy (non-hydrogen) atoms. The van der Waals surface area contributed by atoms with E-state index in [1.807, 2.05) is 13.8 Å². The first-order chi connectivity index (χ1) is 6.13. The standard InChI is InChI=1S/C9H14N2O2/c1-7(2)6-11-9(12)5-4-8(10-11)13-3/h4-5,7H,6H2,1-3H3. The molecule has 0 aliphatic carbocycles. The van der Waals surface area contributed by atoms with Crippen molar-refractivity contribution in [2.75, 3.05) is 7.11 Å². The van der Waals surface area contributed by atoms with Crippen LogP contribution < -0.4 is 10.3 Å². The first-order valence-corrected chi connectivity index (χ1v) is 4.25. The Bertz CT molecular complexity index is 331. The van der Waals surface area contributed by atoms with Gasteiger partial charge in [0.05, 0.1) is 7.11 Å². The molecule has 1 heterocycles. The molecule has 0 fully saturated rings. The lowest BCUT2D eigenvalue weighted by molar-refractivity contribution is 0.364. The van der Waals surface area contributed by atoms with Crippen molar-refractivity contribution in [3.8, 4) is 5.88 Å². The van der Waals surface area contributed by atoms with Crippen molar-refractivity contribution in [1.29, 1.82) is 0 Å². The lowest BCUT2D eigenvalue weighted by atomic mass is 10.2. The molecule has 0 atom stereocenters. The second-order valence-corrected chi connectivity index (χ2v) is 3.29. The average Bonchev–Trinajstić information content (AvgIpc) is 2.08. The zero-order valence-electron chi connectivity index (χ0n) is 8.15. The lowest BCUT2D eigenvalue weighted by Crippen LogP contribution is -2.24. The molecule has 0 saturated heterocycles. The highest BCUT2D eigenvalue weighted by molar-refractivity contribution is 5.05. The van der Waals surface area contributed by atoms with Crippen molar-refractivity contribution in [3.05, 3.63) is 22.5 Å². The van der Waals surface area contributed by atoms with E-state index < -0.39 is 0 Å². The van der Waals surface area contributed by atoms with Gasteiger partial charge in [-0.15, -0.1) is 5.10 Å². The van der Waals surface area contributed by atoms with Gasteiger partial charge in [-0.05, 0) is 5.92 Å². The fourth-order valence-electron chi connectivity index (χ4n) is 1.02. The van der Waals surface area contributed by atoms with E-state index in [0.717, 1.165) is 0 Å². The van der Waals surface area contributed by atoms with Gasteiger partial charge >= 0.3 is 0 Å². The van der Waals surface area contributed by atoms with E-state index in [0.29, 0.717) is 18.3 Å². The third-order valence-electron chi connectivity index (χ3n) is 1.59. The van der Waals surface area contributed by atoms with Gasteiger partial charge in [0.2, 0.25) is 5.88 Å². The Kier molecular flexibility index (Phi) is 3.06. The van der Waals surface area contributed by atoms with Crippen molar-refractivity contribution in [1.82, 2.24) is 9.78 Å². The number of methoxy groups -OCH3 is 1. The maximum absolute atomic E-state index is 11.3. The summed E-state index contributed by atoms with van der Waals surface area (Å²) in [6.07, 6.45) is 0. The van der Waals surface area contributed by atoms with Crippen molar-refractivity contribution in [2.24, 2.45) is 5.92 Å². The van der Waals surface area contributed by atoms with Crippen LogP contribution in [0.5, 0.6) is 5.88 Å². The van der Waals surface area contributed by atoms with Gasteiger partial charge in [0, 0.05) is 18.7 Å². The summed E-state index contributed by atoms with van der Waals surface area (Å²) in [5, 5.41) is 4.01. The summed E-state index contributed by atoms with van der Waals surface area (Å²) >= 11 is 0. The van der Waals surface area contributed by atoms with Crippen LogP contribution in [-0.2, 0) is 6.54 Å². The van der Waals surface area contributed by atoms with Gasteiger partial charge in [0.1, 0.15) is 0 Å². The topological polar surface area (TPSA) is 44.1 Å². The molecule has 72 valence electrons. The number of rotatable bonds is 3. The predicted octanol–water partition coefficient (Wildman–Crippen LogP) is 0.908. The maximum Gasteiger partial charge on any atom is 0.266 e. The minimum absolute atomic E-state index is 0.0884. The molecule has 0 unspecified atom stereocenters. The number of aromatic nitrogens is 2. The summed E-state index contributed by atoms with van der Waals surface area (Å²) in [5.74, 6) is 0.873. The van der Waals surface area contributed by atoms with E-state index in [-0.39, 0.29) is 5.56 Å². The normalized spacial score (nSPS) is 10.5. The highest BCUT2D eigenvalue weighted by Gasteiger charge is 2.02. The Labute approximate surface area is 77.1 Å². The van der Waals surface area contributed by atoms with E-state index >= 15 is 0 Å². The summed E-state index contributed by atoms with van der Waals surface area (Å²) in [5.41, 5.74) is -0.0884. The van der Waals surface area contributed by atoms with Crippen molar-refractivity contribution >= 4 is 0 Å². The molecule has 0 aliphatic heterocycles. The Morgan fingerprint density at radius 2 is 2.23 bits per heavy atom. The van der Waals surface area contributed by atoms with E-state index in [9.17, 15) is 4.79 Å². The number of hydrogen-bond donors (Lipinski definition) is 0. The molecular formula is C9H14N2O2. The molecule has 0 bridgehead atoms. The molecule has 4 nitrogen and oxygen atoms in total. The van der Waals surface area contributed by atoms with E-state index in [2.05, 4.69) is 5.10 Å². The molecular weight excluding hydrogens is 168 g/mol. The first kappa shape index (κ1) is 9.77. The van der Waals surface area contributed by atoms with Gasteiger partial charge < -0.3 is 4.74 Å². The molecule has 4 heteroatoms. The van der Waals surface area contributed by atoms with Crippen molar-refractivity contribution < 1.29 is 4.74 Å². The average molecular weight is 182 g/mol. The van der Waals surface area contributed by atoms with Gasteiger partial charge in [-0.2, -0.15) is 0 Å². The molecule has 0 radical (unpaired) electrons. The second kappa shape index (κ2) is 4.07. The second-order valence-electron chi connectivity index (χ2n) is 3.29. The Morgan fingerprint density at radius 3 is 2.77 bits per heavy atom. The summed E-state index contributed by atoms with van der Waals surface area (Å²) in [7, 11) is 1.53. The number of ether oxygens (including phenoxy) is 1. The number of hydrogen-bond acceptors (Lipinski definition) is 3. The lowest BCUT2D eigenvalue weighted by Gasteiger charge is -2.07. The molecule has 1 aromatic rings. The minimum Gasteiger partial charge on any atom is -0.480 e. The SMILES string of the molecule is COc1ccc(=O)n(CC(C)C)n1. The molecule has 0 amide bonds. The quantitative estimate of drug-likeness (QED) is 0.697. The highest BCUT2D eigenvalue weighted by atomic mass is 16.5. The fourth-order valence-corrected chi connectivity index (χ4v) is 1.02. The number of nitrogens with zero attached hydrogens (tertiary/aromatic N) is 2. The van der Waals surface area contributed by atoms with E-state index in [4.69, 9.17) is 4.74 Å². The summed E-state index contributed by atoms with van der Waals surface area (Å²) in [6, 6.07) is 3.04. The van der Waals surface area contributed by atoms with Gasteiger partial charge in [0.15, 0.2) is 0 Å². The maximum atomic E-state index is 11.3. The van der Waals surface area contributed by atoms with Crippen molar-refractivity contribution in [2.45, 2.75) is 20.4 Å². The predicted molar refractivity (Wildman–Crippen MR) is 49.9 cm³/mol. The smallest absolute Gasteiger partial charge is 0.266 e. The summed E-state index contributed by atoms with van der Waals surface area (Å²) < 4.78 is 6.34. The van der Waals surface area contributed by atoms with E-state index in [1.54, 1.807) is 6.07 Å². The zero-order chi connectivity index (χ0) is 9.84. The Balaban J connectivity index is 2.97. The molecule has 0 N–H and O–H groups in total. The largest absolute Gasteiger partial charge is 0.480 e. The highest BCUT2D eigenvalue weighted by Crippen LogP contribution is 2.01. The van der Waals surface area contributed by atoms with Crippen LogP contribution in [-0.4, -0.2) is 16.9 Å². The van der Waals surface area contributed by atoms with Crippen LogP contribution in [0.1, 0.15) is 13.8 Å². The van der Waals surface area contributed by atoms with Crippen LogP contribution in [0.2, 0.25) is 0 Å². The molecule has 0 aromatic carbocycles.